The Morgan fingerprint density at radius 3 is 2.94 bits per heavy atom. The summed E-state index contributed by atoms with van der Waals surface area (Å²) in [5.74, 6) is 6.30. The Morgan fingerprint density at radius 2 is 2.28 bits per heavy atom. The van der Waals surface area contributed by atoms with Crippen LogP contribution in [0.25, 0.3) is 0 Å². The monoisotopic (exact) mass is 308 g/mol. The molecular weight excluding hydrogens is 296 g/mol. The largest absolute Gasteiger partial charge is 0.495 e. The van der Waals surface area contributed by atoms with Crippen molar-refractivity contribution < 1.29 is 4.74 Å². The summed E-state index contributed by atoms with van der Waals surface area (Å²) in [4.78, 5) is 8.44. The van der Waals surface area contributed by atoms with E-state index in [9.17, 15) is 0 Å². The molecule has 6 heteroatoms. The third-order valence-electron chi connectivity index (χ3n) is 2.52. The molecule has 2 rings (SSSR count). The number of nitrogens with zero attached hydrogens (tertiary/aromatic N) is 2. The van der Waals surface area contributed by atoms with Crippen LogP contribution in [0.15, 0.2) is 41.3 Å². The van der Waals surface area contributed by atoms with Crippen LogP contribution in [-0.2, 0) is 0 Å². The van der Waals surface area contributed by atoms with Crippen LogP contribution in [0.4, 0.5) is 0 Å². The van der Waals surface area contributed by atoms with E-state index in [0.717, 1.165) is 15.7 Å². The molecule has 94 valence electrons. The van der Waals surface area contributed by atoms with Gasteiger partial charge in [0.15, 0.2) is 0 Å². The minimum atomic E-state index is -0.272. The summed E-state index contributed by atoms with van der Waals surface area (Å²) >= 11 is 3.39. The standard InChI is InChI=1S/C12H13BrN4O/c1-18-10-3-2-4-16-12(10)11(17-14)8-5-9(13)7-15-6-8/h2-7,11,17H,14H2,1H3. The molecule has 0 spiro atoms. The van der Waals surface area contributed by atoms with Crippen molar-refractivity contribution in [2.24, 2.45) is 5.84 Å². The van der Waals surface area contributed by atoms with Crippen molar-refractivity contribution >= 4 is 15.9 Å². The average molecular weight is 309 g/mol. The van der Waals surface area contributed by atoms with E-state index in [1.54, 1.807) is 25.7 Å². The molecule has 0 aliphatic carbocycles. The molecule has 0 saturated heterocycles. The van der Waals surface area contributed by atoms with Gasteiger partial charge in [0.1, 0.15) is 11.4 Å². The zero-order chi connectivity index (χ0) is 13.0. The average Bonchev–Trinajstić information content (AvgIpc) is 2.40. The second-order valence-corrected chi connectivity index (χ2v) is 4.54. The van der Waals surface area contributed by atoms with Gasteiger partial charge in [0.05, 0.1) is 13.2 Å². The molecule has 18 heavy (non-hydrogen) atoms. The van der Waals surface area contributed by atoms with Gasteiger partial charge in [-0.1, -0.05) is 0 Å². The summed E-state index contributed by atoms with van der Waals surface area (Å²) in [6.45, 7) is 0. The molecule has 2 heterocycles. The zero-order valence-corrected chi connectivity index (χ0v) is 11.4. The number of halogens is 1. The highest BCUT2D eigenvalue weighted by Gasteiger charge is 2.18. The fourth-order valence-corrected chi connectivity index (χ4v) is 2.09. The number of nitrogens with one attached hydrogen (secondary N) is 1. The number of aromatic nitrogens is 2. The number of hydrazine groups is 1. The van der Waals surface area contributed by atoms with Gasteiger partial charge in [-0.3, -0.25) is 15.8 Å². The van der Waals surface area contributed by atoms with Crippen molar-refractivity contribution in [3.05, 3.63) is 52.5 Å². The van der Waals surface area contributed by atoms with E-state index in [1.807, 2.05) is 18.2 Å². The van der Waals surface area contributed by atoms with Crippen LogP contribution >= 0.6 is 15.9 Å². The molecule has 5 nitrogen and oxygen atoms in total. The molecule has 2 aromatic heterocycles. The van der Waals surface area contributed by atoms with Gasteiger partial charge in [-0.25, -0.2) is 5.43 Å². The predicted molar refractivity (Wildman–Crippen MR) is 71.9 cm³/mol. The first-order valence-corrected chi connectivity index (χ1v) is 6.11. The lowest BCUT2D eigenvalue weighted by atomic mass is 10.1. The molecule has 0 fully saturated rings. The number of pyridine rings is 2. The SMILES string of the molecule is COc1cccnc1C(NN)c1cncc(Br)c1. The highest BCUT2D eigenvalue weighted by atomic mass is 79.9. The second-order valence-electron chi connectivity index (χ2n) is 3.63. The maximum absolute atomic E-state index is 5.62. The molecular formula is C12H13BrN4O. The van der Waals surface area contributed by atoms with Gasteiger partial charge >= 0.3 is 0 Å². The van der Waals surface area contributed by atoms with E-state index >= 15 is 0 Å². The minimum absolute atomic E-state index is 0.272. The number of ether oxygens (including phenoxy) is 1. The fraction of sp³-hybridized carbons (Fsp3) is 0.167. The maximum atomic E-state index is 5.62. The number of hydrogen-bond acceptors (Lipinski definition) is 5. The fourth-order valence-electron chi connectivity index (χ4n) is 1.71. The smallest absolute Gasteiger partial charge is 0.142 e. The van der Waals surface area contributed by atoms with Crippen LogP contribution in [0.2, 0.25) is 0 Å². The highest BCUT2D eigenvalue weighted by Crippen LogP contribution is 2.27. The maximum Gasteiger partial charge on any atom is 0.142 e. The number of rotatable bonds is 4. The Balaban J connectivity index is 2.45. The Bertz CT molecular complexity index is 535. The van der Waals surface area contributed by atoms with Crippen LogP contribution in [-0.4, -0.2) is 17.1 Å². The molecule has 0 amide bonds. The van der Waals surface area contributed by atoms with Crippen LogP contribution in [0.3, 0.4) is 0 Å². The predicted octanol–water partition coefficient (Wildman–Crippen LogP) is 1.80. The lowest BCUT2D eigenvalue weighted by Gasteiger charge is -2.18. The quantitative estimate of drug-likeness (QED) is 0.665. The number of hydrogen-bond donors (Lipinski definition) is 2. The van der Waals surface area contributed by atoms with E-state index in [-0.39, 0.29) is 6.04 Å². The first-order chi connectivity index (χ1) is 8.76. The van der Waals surface area contributed by atoms with Gasteiger partial charge in [0, 0.05) is 23.1 Å². The molecule has 2 aromatic rings. The van der Waals surface area contributed by atoms with Gasteiger partial charge in [0.2, 0.25) is 0 Å². The summed E-state index contributed by atoms with van der Waals surface area (Å²) in [5, 5.41) is 0. The zero-order valence-electron chi connectivity index (χ0n) is 9.80. The lowest BCUT2D eigenvalue weighted by molar-refractivity contribution is 0.400. The van der Waals surface area contributed by atoms with Gasteiger partial charge in [-0.05, 0) is 39.7 Å². The van der Waals surface area contributed by atoms with E-state index in [0.29, 0.717) is 5.75 Å². The molecule has 0 bridgehead atoms. The second kappa shape index (κ2) is 5.90. The van der Waals surface area contributed by atoms with Gasteiger partial charge in [-0.2, -0.15) is 0 Å². The molecule has 0 aromatic carbocycles. The van der Waals surface area contributed by atoms with Crippen molar-refractivity contribution in [2.75, 3.05) is 7.11 Å². The topological polar surface area (TPSA) is 73.1 Å². The first kappa shape index (κ1) is 12.9. The molecule has 0 aliphatic heterocycles. The summed E-state index contributed by atoms with van der Waals surface area (Å²) in [7, 11) is 1.60. The number of nitrogens with two attached hydrogens (primary N) is 1. The molecule has 0 radical (unpaired) electrons. The third kappa shape index (κ3) is 2.66. The van der Waals surface area contributed by atoms with Crippen molar-refractivity contribution in [1.29, 1.82) is 0 Å². The summed E-state index contributed by atoms with van der Waals surface area (Å²) in [6.07, 6.45) is 5.16. The van der Waals surface area contributed by atoms with Crippen LogP contribution in [0.1, 0.15) is 17.3 Å². The van der Waals surface area contributed by atoms with E-state index in [1.165, 1.54) is 0 Å². The van der Waals surface area contributed by atoms with Gasteiger partial charge in [0.25, 0.3) is 0 Å². The first-order valence-electron chi connectivity index (χ1n) is 5.31. The number of methoxy groups -OCH3 is 1. The molecule has 0 saturated carbocycles. The van der Waals surface area contributed by atoms with Gasteiger partial charge < -0.3 is 4.74 Å². The van der Waals surface area contributed by atoms with E-state index in [4.69, 9.17) is 10.6 Å². The van der Waals surface area contributed by atoms with Crippen LogP contribution in [0, 0.1) is 0 Å². The van der Waals surface area contributed by atoms with Crippen molar-refractivity contribution in [1.82, 2.24) is 15.4 Å². The van der Waals surface area contributed by atoms with Crippen molar-refractivity contribution in [3.63, 3.8) is 0 Å². The summed E-state index contributed by atoms with van der Waals surface area (Å²) in [6, 6.07) is 5.32. The normalized spacial score (nSPS) is 12.2. The molecule has 1 unspecified atom stereocenters. The summed E-state index contributed by atoms with van der Waals surface area (Å²) < 4.78 is 6.17. The van der Waals surface area contributed by atoms with Crippen LogP contribution in [0.5, 0.6) is 5.75 Å². The molecule has 1 atom stereocenters. The Kier molecular flexibility index (Phi) is 4.24. The Hall–Kier alpha value is -1.50. The lowest BCUT2D eigenvalue weighted by Crippen LogP contribution is -2.30. The molecule has 0 aliphatic rings. The molecule has 3 N–H and O–H groups in total. The minimum Gasteiger partial charge on any atom is -0.495 e. The van der Waals surface area contributed by atoms with Crippen molar-refractivity contribution in [2.45, 2.75) is 6.04 Å². The van der Waals surface area contributed by atoms with Crippen LogP contribution < -0.4 is 16.0 Å². The van der Waals surface area contributed by atoms with Crippen molar-refractivity contribution in [3.8, 4) is 5.75 Å². The van der Waals surface area contributed by atoms with E-state index < -0.39 is 0 Å². The van der Waals surface area contributed by atoms with Gasteiger partial charge in [-0.15, -0.1) is 0 Å². The Morgan fingerprint density at radius 1 is 1.44 bits per heavy atom. The summed E-state index contributed by atoms with van der Waals surface area (Å²) in [5.41, 5.74) is 4.36. The third-order valence-corrected chi connectivity index (χ3v) is 2.95. The Labute approximate surface area is 113 Å². The van der Waals surface area contributed by atoms with E-state index in [2.05, 4.69) is 31.3 Å². The highest BCUT2D eigenvalue weighted by molar-refractivity contribution is 9.10.